The number of rotatable bonds is 1. The summed E-state index contributed by atoms with van der Waals surface area (Å²) >= 11 is 0. The molecule has 1 rings (SSSR count). The maximum absolute atomic E-state index is 6.50. The van der Waals surface area contributed by atoms with Crippen LogP contribution in [0.15, 0.2) is 0 Å². The second kappa shape index (κ2) is 6.18. The molecule has 0 radical (unpaired) electrons. The van der Waals surface area contributed by atoms with Crippen LogP contribution in [0, 0.1) is 17.8 Å². The standard InChI is InChI=1S/C8H17N.CHN/c1-3-9-6-4-8(2)5-7-9;1-2/h8H,3-7H2,1-2H3;1H. The average molecular weight is 154 g/mol. The monoisotopic (exact) mass is 154 g/mol. The molecular formula is C9H18N2. The van der Waals surface area contributed by atoms with E-state index in [9.17, 15) is 0 Å². The molecule has 0 aromatic carbocycles. The van der Waals surface area contributed by atoms with E-state index in [1.807, 2.05) is 0 Å². The van der Waals surface area contributed by atoms with Gasteiger partial charge in [-0.15, -0.1) is 0 Å². The van der Waals surface area contributed by atoms with Crippen molar-refractivity contribution < 1.29 is 0 Å². The van der Waals surface area contributed by atoms with Crippen LogP contribution in [0.2, 0.25) is 0 Å². The Hall–Kier alpha value is -0.550. The minimum absolute atomic E-state index is 0.979. The molecule has 0 atom stereocenters. The molecule has 2 nitrogen and oxygen atoms in total. The van der Waals surface area contributed by atoms with Crippen LogP contribution in [0.1, 0.15) is 26.7 Å². The lowest BCUT2D eigenvalue weighted by atomic mass is 9.99. The Kier molecular flexibility index (Phi) is 5.87. The third-order valence-corrected chi connectivity index (χ3v) is 2.32. The molecule has 64 valence electrons. The Bertz CT molecular complexity index is 101. The van der Waals surface area contributed by atoms with Crippen LogP contribution in [0.5, 0.6) is 0 Å². The van der Waals surface area contributed by atoms with E-state index >= 15 is 0 Å². The van der Waals surface area contributed by atoms with E-state index in [1.54, 1.807) is 0 Å². The molecule has 1 fully saturated rings. The van der Waals surface area contributed by atoms with Crippen molar-refractivity contribution in [1.29, 1.82) is 5.26 Å². The first-order chi connectivity index (χ1) is 5.33. The van der Waals surface area contributed by atoms with E-state index in [-0.39, 0.29) is 0 Å². The normalized spacial score (nSPS) is 20.4. The predicted octanol–water partition coefficient (Wildman–Crippen LogP) is 1.88. The summed E-state index contributed by atoms with van der Waals surface area (Å²) in [6, 6.07) is 0. The molecule has 1 aliphatic heterocycles. The Labute approximate surface area is 69.8 Å². The lowest BCUT2D eigenvalue weighted by Gasteiger charge is -2.28. The van der Waals surface area contributed by atoms with Crippen LogP contribution in [0.3, 0.4) is 0 Å². The van der Waals surface area contributed by atoms with Crippen molar-refractivity contribution in [3.8, 4) is 6.57 Å². The molecule has 0 N–H and O–H groups in total. The highest BCUT2D eigenvalue weighted by atomic mass is 15.1. The van der Waals surface area contributed by atoms with E-state index < -0.39 is 0 Å². The first-order valence-electron chi connectivity index (χ1n) is 4.31. The van der Waals surface area contributed by atoms with Crippen molar-refractivity contribution in [2.75, 3.05) is 19.6 Å². The number of hydrogen-bond acceptors (Lipinski definition) is 2. The second-order valence-corrected chi connectivity index (χ2v) is 3.12. The van der Waals surface area contributed by atoms with E-state index in [4.69, 9.17) is 5.26 Å². The summed E-state index contributed by atoms with van der Waals surface area (Å²) in [4.78, 5) is 2.53. The van der Waals surface area contributed by atoms with Gasteiger partial charge < -0.3 is 4.90 Å². The number of nitrogens with zero attached hydrogens (tertiary/aromatic N) is 2. The van der Waals surface area contributed by atoms with Gasteiger partial charge in [-0.25, -0.2) is 5.26 Å². The van der Waals surface area contributed by atoms with Gasteiger partial charge in [0.1, 0.15) is 0 Å². The van der Waals surface area contributed by atoms with Crippen LogP contribution >= 0.6 is 0 Å². The Morgan fingerprint density at radius 2 is 1.82 bits per heavy atom. The summed E-state index contributed by atoms with van der Waals surface area (Å²) in [7, 11) is 0. The molecule has 1 heterocycles. The molecule has 0 aliphatic carbocycles. The van der Waals surface area contributed by atoms with Crippen LogP contribution in [-0.4, -0.2) is 24.5 Å². The number of likely N-dealkylation sites (tertiary alicyclic amines) is 1. The van der Waals surface area contributed by atoms with Crippen LogP contribution in [-0.2, 0) is 0 Å². The average Bonchev–Trinajstić information content (AvgIpc) is 2.10. The van der Waals surface area contributed by atoms with Gasteiger partial charge in [0.25, 0.3) is 0 Å². The van der Waals surface area contributed by atoms with E-state index in [0.29, 0.717) is 0 Å². The van der Waals surface area contributed by atoms with Crippen molar-refractivity contribution in [2.45, 2.75) is 26.7 Å². The Balaban J connectivity index is 0.000000461. The van der Waals surface area contributed by atoms with Crippen molar-refractivity contribution in [3.05, 3.63) is 0 Å². The van der Waals surface area contributed by atoms with Crippen molar-refractivity contribution in [3.63, 3.8) is 0 Å². The zero-order chi connectivity index (χ0) is 8.69. The van der Waals surface area contributed by atoms with Crippen molar-refractivity contribution in [1.82, 2.24) is 4.90 Å². The van der Waals surface area contributed by atoms with Crippen LogP contribution < -0.4 is 0 Å². The smallest absolute Gasteiger partial charge is 0.0462 e. The third-order valence-electron chi connectivity index (χ3n) is 2.32. The zero-order valence-corrected chi connectivity index (χ0v) is 7.58. The minimum atomic E-state index is 0.979. The highest BCUT2D eigenvalue weighted by Crippen LogP contribution is 2.14. The molecule has 2 heteroatoms. The topological polar surface area (TPSA) is 27.0 Å². The van der Waals surface area contributed by atoms with E-state index in [1.165, 1.54) is 32.5 Å². The summed E-state index contributed by atoms with van der Waals surface area (Å²) in [5.74, 6) is 0.979. The van der Waals surface area contributed by atoms with Gasteiger partial charge in [-0.05, 0) is 38.4 Å². The van der Waals surface area contributed by atoms with Gasteiger partial charge in [0.2, 0.25) is 0 Å². The molecule has 0 spiro atoms. The maximum atomic E-state index is 6.50. The van der Waals surface area contributed by atoms with Gasteiger partial charge in [0.15, 0.2) is 0 Å². The maximum Gasteiger partial charge on any atom is 0.0462 e. The van der Waals surface area contributed by atoms with E-state index in [0.717, 1.165) is 5.92 Å². The van der Waals surface area contributed by atoms with Gasteiger partial charge in [0.05, 0.1) is 0 Å². The van der Waals surface area contributed by atoms with Gasteiger partial charge in [-0.2, -0.15) is 0 Å². The molecule has 0 aromatic rings. The molecule has 1 saturated heterocycles. The fourth-order valence-electron chi connectivity index (χ4n) is 1.38. The molecule has 0 saturated carbocycles. The second-order valence-electron chi connectivity index (χ2n) is 3.12. The highest BCUT2D eigenvalue weighted by Gasteiger charge is 2.12. The highest BCUT2D eigenvalue weighted by molar-refractivity contribution is 4.67. The molecular weight excluding hydrogens is 136 g/mol. The molecule has 0 amide bonds. The lowest BCUT2D eigenvalue weighted by molar-refractivity contribution is 0.201. The predicted molar refractivity (Wildman–Crippen MR) is 47.2 cm³/mol. The molecule has 0 aromatic heterocycles. The van der Waals surface area contributed by atoms with Crippen LogP contribution in [0.4, 0.5) is 0 Å². The quantitative estimate of drug-likeness (QED) is 0.576. The van der Waals surface area contributed by atoms with Gasteiger partial charge >= 0.3 is 0 Å². The number of hydrogen-bond donors (Lipinski definition) is 0. The summed E-state index contributed by atoms with van der Waals surface area (Å²) in [5, 5.41) is 6.50. The zero-order valence-electron chi connectivity index (χ0n) is 7.58. The molecule has 0 unspecified atom stereocenters. The van der Waals surface area contributed by atoms with Gasteiger partial charge in [0, 0.05) is 6.57 Å². The third kappa shape index (κ3) is 4.00. The SMILES string of the molecule is C#N.CCN1CCC(C)CC1. The summed E-state index contributed by atoms with van der Waals surface area (Å²) in [5.41, 5.74) is 0. The summed E-state index contributed by atoms with van der Waals surface area (Å²) < 4.78 is 0. The van der Waals surface area contributed by atoms with E-state index in [2.05, 4.69) is 25.3 Å². The summed E-state index contributed by atoms with van der Waals surface area (Å²) in [6.07, 6.45) is 2.82. The van der Waals surface area contributed by atoms with Crippen LogP contribution in [0.25, 0.3) is 0 Å². The Morgan fingerprint density at radius 3 is 2.18 bits per heavy atom. The molecule has 1 aliphatic rings. The summed E-state index contributed by atoms with van der Waals surface area (Å²) in [6.45, 7) is 12.0. The van der Waals surface area contributed by atoms with Crippen molar-refractivity contribution in [2.24, 2.45) is 5.92 Å². The number of piperidine rings is 1. The largest absolute Gasteiger partial charge is 0.304 e. The fourth-order valence-corrected chi connectivity index (χ4v) is 1.38. The first kappa shape index (κ1) is 10.4. The Morgan fingerprint density at radius 1 is 1.36 bits per heavy atom. The molecule has 11 heavy (non-hydrogen) atoms. The first-order valence-corrected chi connectivity index (χ1v) is 4.31. The number of nitriles is 1. The van der Waals surface area contributed by atoms with Gasteiger partial charge in [-0.1, -0.05) is 13.8 Å². The van der Waals surface area contributed by atoms with Crippen molar-refractivity contribution >= 4 is 0 Å². The van der Waals surface area contributed by atoms with Gasteiger partial charge in [-0.3, -0.25) is 0 Å². The minimum Gasteiger partial charge on any atom is -0.304 e. The molecule has 0 bridgehead atoms. The lowest BCUT2D eigenvalue weighted by Crippen LogP contribution is -2.32. The fraction of sp³-hybridized carbons (Fsp3) is 0.889.